The number of hydrogen-bond donors (Lipinski definition) is 1. The zero-order valence-electron chi connectivity index (χ0n) is 10.0. The Labute approximate surface area is 101 Å². The van der Waals surface area contributed by atoms with Crippen molar-refractivity contribution in [3.8, 4) is 0 Å². The lowest BCUT2D eigenvalue weighted by Gasteiger charge is -2.29. The van der Waals surface area contributed by atoms with Crippen LogP contribution >= 0.6 is 15.9 Å². The first-order valence-electron chi connectivity index (χ1n) is 5.47. The molecule has 0 aliphatic carbocycles. The van der Waals surface area contributed by atoms with Gasteiger partial charge in [-0.05, 0) is 26.2 Å². The highest BCUT2D eigenvalue weighted by Crippen LogP contribution is 2.16. The summed E-state index contributed by atoms with van der Waals surface area (Å²) in [6.45, 7) is 8.78. The van der Waals surface area contributed by atoms with Gasteiger partial charge in [0, 0.05) is 19.2 Å². The van der Waals surface area contributed by atoms with Crippen molar-refractivity contribution in [2.24, 2.45) is 5.92 Å². The minimum atomic E-state index is -0.126. The highest BCUT2D eigenvalue weighted by Gasteiger charge is 2.25. The number of carbonyl (C=O) groups is 1. The first-order valence-corrected chi connectivity index (χ1v) is 6.38. The van der Waals surface area contributed by atoms with Gasteiger partial charge in [0.2, 0.25) is 5.91 Å². The molecule has 1 N–H and O–H groups in total. The molecule has 0 rings (SSSR count). The fourth-order valence-electron chi connectivity index (χ4n) is 1.31. The molecule has 0 saturated carbocycles. The molecule has 15 heavy (non-hydrogen) atoms. The highest BCUT2D eigenvalue weighted by atomic mass is 79.9. The number of aliphatic hydroxyl groups is 1. The van der Waals surface area contributed by atoms with E-state index in [9.17, 15) is 4.79 Å². The predicted octanol–water partition coefficient (Wildman–Crippen LogP) is 2.03. The Kier molecular flexibility index (Phi) is 7.18. The number of amides is 1. The summed E-state index contributed by atoms with van der Waals surface area (Å²) >= 11 is 3.41. The molecule has 0 saturated heterocycles. The van der Waals surface area contributed by atoms with Crippen LogP contribution in [-0.2, 0) is 4.79 Å². The summed E-state index contributed by atoms with van der Waals surface area (Å²) in [7, 11) is 0. The van der Waals surface area contributed by atoms with Crippen LogP contribution in [0, 0.1) is 5.92 Å². The Morgan fingerprint density at radius 1 is 1.33 bits per heavy atom. The number of alkyl halides is 1. The zero-order valence-corrected chi connectivity index (χ0v) is 11.6. The van der Waals surface area contributed by atoms with Crippen molar-refractivity contribution < 1.29 is 9.90 Å². The minimum absolute atomic E-state index is 0.119. The second-order valence-electron chi connectivity index (χ2n) is 4.35. The van der Waals surface area contributed by atoms with Crippen molar-refractivity contribution in [3.05, 3.63) is 0 Å². The van der Waals surface area contributed by atoms with Crippen molar-refractivity contribution in [1.29, 1.82) is 0 Å². The molecular weight excluding hydrogens is 258 g/mol. The zero-order chi connectivity index (χ0) is 12.0. The third-order valence-electron chi connectivity index (χ3n) is 2.28. The fraction of sp³-hybridized carbons (Fsp3) is 0.909. The standard InChI is InChI=1S/C11H22BrNO2/c1-8(2)10(12)11(15)13(9(3)4)6-5-7-14/h8-10,14H,5-7H2,1-4H3. The van der Waals surface area contributed by atoms with Crippen molar-refractivity contribution in [3.63, 3.8) is 0 Å². The lowest BCUT2D eigenvalue weighted by atomic mass is 10.1. The van der Waals surface area contributed by atoms with Gasteiger partial charge in [0.15, 0.2) is 0 Å². The first-order chi connectivity index (χ1) is 6.91. The molecule has 0 aromatic heterocycles. The van der Waals surface area contributed by atoms with Gasteiger partial charge in [0.25, 0.3) is 0 Å². The fourth-order valence-corrected chi connectivity index (χ4v) is 1.57. The van der Waals surface area contributed by atoms with Crippen LogP contribution in [0.5, 0.6) is 0 Å². The van der Waals surface area contributed by atoms with E-state index in [0.717, 1.165) is 0 Å². The van der Waals surface area contributed by atoms with E-state index in [1.165, 1.54) is 0 Å². The van der Waals surface area contributed by atoms with Crippen LogP contribution in [0.15, 0.2) is 0 Å². The smallest absolute Gasteiger partial charge is 0.236 e. The molecule has 0 aromatic carbocycles. The van der Waals surface area contributed by atoms with E-state index < -0.39 is 0 Å². The molecule has 0 aromatic rings. The molecule has 3 nitrogen and oxygen atoms in total. The molecule has 1 unspecified atom stereocenters. The summed E-state index contributed by atoms with van der Waals surface area (Å²) in [6, 6.07) is 0.183. The number of aliphatic hydroxyl groups excluding tert-OH is 1. The number of nitrogens with zero attached hydrogens (tertiary/aromatic N) is 1. The molecule has 0 spiro atoms. The number of carbonyl (C=O) groups excluding carboxylic acids is 1. The maximum Gasteiger partial charge on any atom is 0.236 e. The van der Waals surface area contributed by atoms with Crippen LogP contribution in [-0.4, -0.2) is 39.9 Å². The third kappa shape index (κ3) is 4.98. The van der Waals surface area contributed by atoms with Crippen LogP contribution in [0.2, 0.25) is 0 Å². The highest BCUT2D eigenvalue weighted by molar-refractivity contribution is 9.10. The molecule has 0 aliphatic rings. The minimum Gasteiger partial charge on any atom is -0.396 e. The van der Waals surface area contributed by atoms with Crippen molar-refractivity contribution in [1.82, 2.24) is 4.90 Å². The van der Waals surface area contributed by atoms with E-state index in [2.05, 4.69) is 15.9 Å². The molecule has 1 amide bonds. The maximum absolute atomic E-state index is 12.0. The van der Waals surface area contributed by atoms with Gasteiger partial charge < -0.3 is 10.0 Å². The Morgan fingerprint density at radius 3 is 2.20 bits per heavy atom. The number of rotatable bonds is 6. The molecule has 1 atom stereocenters. The van der Waals surface area contributed by atoms with Gasteiger partial charge in [0.1, 0.15) is 0 Å². The van der Waals surface area contributed by atoms with Gasteiger partial charge in [-0.25, -0.2) is 0 Å². The van der Waals surface area contributed by atoms with Crippen LogP contribution in [0.25, 0.3) is 0 Å². The SMILES string of the molecule is CC(C)C(Br)C(=O)N(CCCO)C(C)C. The van der Waals surface area contributed by atoms with Crippen LogP contribution in [0.1, 0.15) is 34.1 Å². The second-order valence-corrected chi connectivity index (χ2v) is 5.33. The molecular formula is C11H22BrNO2. The van der Waals surface area contributed by atoms with Gasteiger partial charge in [-0.1, -0.05) is 29.8 Å². The molecule has 90 valence electrons. The molecule has 0 aliphatic heterocycles. The van der Waals surface area contributed by atoms with Crippen molar-refractivity contribution in [2.45, 2.75) is 45.0 Å². The summed E-state index contributed by atoms with van der Waals surface area (Å²) in [6.07, 6.45) is 0.641. The topological polar surface area (TPSA) is 40.5 Å². The average molecular weight is 280 g/mol. The van der Waals surface area contributed by atoms with E-state index in [-0.39, 0.29) is 29.3 Å². The Morgan fingerprint density at radius 2 is 1.87 bits per heavy atom. The van der Waals surface area contributed by atoms with Crippen LogP contribution in [0.3, 0.4) is 0 Å². The van der Waals surface area contributed by atoms with Gasteiger partial charge in [-0.3, -0.25) is 4.79 Å². The van der Waals surface area contributed by atoms with E-state index in [0.29, 0.717) is 13.0 Å². The summed E-state index contributed by atoms with van der Waals surface area (Å²) < 4.78 is 0. The van der Waals surface area contributed by atoms with Crippen molar-refractivity contribution >= 4 is 21.8 Å². The Hall–Kier alpha value is -0.0900. The molecule has 4 heteroatoms. The van der Waals surface area contributed by atoms with Gasteiger partial charge in [-0.2, -0.15) is 0 Å². The summed E-state index contributed by atoms with van der Waals surface area (Å²) in [5, 5.41) is 8.78. The maximum atomic E-state index is 12.0. The van der Waals surface area contributed by atoms with E-state index >= 15 is 0 Å². The van der Waals surface area contributed by atoms with Crippen LogP contribution < -0.4 is 0 Å². The molecule has 0 bridgehead atoms. The summed E-state index contributed by atoms with van der Waals surface area (Å²) in [5.74, 6) is 0.404. The molecule has 0 radical (unpaired) electrons. The number of halogens is 1. The summed E-state index contributed by atoms with van der Waals surface area (Å²) in [4.78, 5) is 13.7. The quantitative estimate of drug-likeness (QED) is 0.756. The lowest BCUT2D eigenvalue weighted by Crippen LogP contribution is -2.43. The Balaban J connectivity index is 4.41. The van der Waals surface area contributed by atoms with E-state index in [4.69, 9.17) is 5.11 Å². The largest absolute Gasteiger partial charge is 0.396 e. The first kappa shape index (κ1) is 14.9. The van der Waals surface area contributed by atoms with E-state index in [1.807, 2.05) is 32.6 Å². The monoisotopic (exact) mass is 279 g/mol. The van der Waals surface area contributed by atoms with Gasteiger partial charge in [0.05, 0.1) is 4.83 Å². The van der Waals surface area contributed by atoms with Gasteiger partial charge in [-0.15, -0.1) is 0 Å². The molecule has 0 heterocycles. The van der Waals surface area contributed by atoms with Crippen LogP contribution in [0.4, 0.5) is 0 Å². The molecule has 0 fully saturated rings. The second kappa shape index (κ2) is 7.23. The normalized spacial score (nSPS) is 13.3. The Bertz CT molecular complexity index is 195. The predicted molar refractivity (Wildman–Crippen MR) is 66.1 cm³/mol. The average Bonchev–Trinajstić information content (AvgIpc) is 2.16. The summed E-state index contributed by atoms with van der Waals surface area (Å²) in [5.41, 5.74) is 0. The third-order valence-corrected chi connectivity index (χ3v) is 3.73. The van der Waals surface area contributed by atoms with Crippen molar-refractivity contribution in [2.75, 3.05) is 13.2 Å². The van der Waals surface area contributed by atoms with Gasteiger partial charge >= 0.3 is 0 Å². The van der Waals surface area contributed by atoms with E-state index in [1.54, 1.807) is 0 Å². The number of hydrogen-bond acceptors (Lipinski definition) is 2. The lowest BCUT2D eigenvalue weighted by molar-refractivity contribution is -0.133.